The zero-order valence-corrected chi connectivity index (χ0v) is 16.4. The summed E-state index contributed by atoms with van der Waals surface area (Å²) in [6.07, 6.45) is 12.5. The number of methoxy groups -OCH3 is 4. The molecule has 0 aromatic carbocycles. The first-order chi connectivity index (χ1) is 13.3. The van der Waals surface area contributed by atoms with Crippen molar-refractivity contribution < 1.29 is 38.1 Å². The number of allylic oxidation sites excluding steroid dienone is 2. The fourth-order valence-electron chi connectivity index (χ4n) is 2.63. The van der Waals surface area contributed by atoms with Gasteiger partial charge in [0, 0.05) is 12.8 Å². The van der Waals surface area contributed by atoms with Crippen LogP contribution in [0.1, 0.15) is 25.7 Å². The fraction of sp³-hybridized carbons (Fsp3) is 0.500. The van der Waals surface area contributed by atoms with E-state index in [0.29, 0.717) is 0 Å². The minimum Gasteiger partial charge on any atom is -0.468 e. The fourth-order valence-corrected chi connectivity index (χ4v) is 2.63. The van der Waals surface area contributed by atoms with Gasteiger partial charge in [0.15, 0.2) is 10.8 Å². The molecule has 0 aromatic rings. The van der Waals surface area contributed by atoms with E-state index in [4.69, 9.17) is 31.8 Å². The third-order valence-electron chi connectivity index (χ3n) is 4.21. The molecule has 0 spiro atoms. The van der Waals surface area contributed by atoms with Crippen molar-refractivity contribution in [2.75, 3.05) is 28.4 Å². The van der Waals surface area contributed by atoms with Gasteiger partial charge in [-0.25, -0.2) is 0 Å². The summed E-state index contributed by atoms with van der Waals surface area (Å²) < 4.78 is 18.8. The van der Waals surface area contributed by atoms with E-state index in [1.807, 2.05) is 0 Å². The van der Waals surface area contributed by atoms with Gasteiger partial charge in [-0.05, 0) is 12.8 Å². The summed E-state index contributed by atoms with van der Waals surface area (Å²) in [5, 5.41) is 0. The van der Waals surface area contributed by atoms with Gasteiger partial charge in [-0.3, -0.25) is 19.2 Å². The van der Waals surface area contributed by atoms with E-state index in [-0.39, 0.29) is 25.7 Å². The van der Waals surface area contributed by atoms with Crippen LogP contribution in [-0.4, -0.2) is 52.3 Å². The summed E-state index contributed by atoms with van der Waals surface area (Å²) in [6, 6.07) is 0. The predicted octanol–water partition coefficient (Wildman–Crippen LogP) is 1.03. The van der Waals surface area contributed by atoms with Gasteiger partial charge >= 0.3 is 23.9 Å². The highest BCUT2D eigenvalue weighted by atomic mass is 16.6. The molecule has 0 atom stereocenters. The van der Waals surface area contributed by atoms with Crippen LogP contribution in [0.5, 0.6) is 0 Å². The maximum absolute atomic E-state index is 12.2. The van der Waals surface area contributed by atoms with Crippen LogP contribution < -0.4 is 0 Å². The Balaban J connectivity index is 5.83. The Kier molecular flexibility index (Phi) is 10.1. The molecule has 0 aliphatic rings. The maximum Gasteiger partial charge on any atom is 0.324 e. The molecule has 0 fully saturated rings. The highest BCUT2D eigenvalue weighted by Gasteiger charge is 2.48. The second kappa shape index (κ2) is 11.5. The molecule has 0 aliphatic heterocycles. The molecule has 0 rings (SSSR count). The second-order valence-corrected chi connectivity index (χ2v) is 5.77. The minimum absolute atomic E-state index is 0.176. The summed E-state index contributed by atoms with van der Waals surface area (Å²) >= 11 is 0. The quantitative estimate of drug-likeness (QED) is 0.178. The third-order valence-corrected chi connectivity index (χ3v) is 4.21. The zero-order chi connectivity index (χ0) is 21.8. The maximum atomic E-state index is 12.2. The second-order valence-electron chi connectivity index (χ2n) is 5.77. The summed E-state index contributed by atoms with van der Waals surface area (Å²) in [4.78, 5) is 48.8. The van der Waals surface area contributed by atoms with Crippen molar-refractivity contribution in [1.82, 2.24) is 0 Å². The van der Waals surface area contributed by atoms with Gasteiger partial charge in [-0.2, -0.15) is 0 Å². The lowest BCUT2D eigenvalue weighted by Crippen LogP contribution is -2.41. The normalized spacial score (nSPS) is 11.1. The molecule has 0 unspecified atom stereocenters. The molecule has 8 heteroatoms. The van der Waals surface area contributed by atoms with Crippen molar-refractivity contribution in [1.29, 1.82) is 0 Å². The van der Waals surface area contributed by atoms with E-state index in [2.05, 4.69) is 11.8 Å². The Morgan fingerprint density at radius 2 is 0.929 bits per heavy atom. The molecule has 0 radical (unpaired) electrons. The van der Waals surface area contributed by atoms with Gasteiger partial charge in [0.05, 0.1) is 28.4 Å². The number of esters is 4. The van der Waals surface area contributed by atoms with Crippen LogP contribution >= 0.6 is 0 Å². The molecule has 152 valence electrons. The van der Waals surface area contributed by atoms with E-state index < -0.39 is 34.7 Å². The summed E-state index contributed by atoms with van der Waals surface area (Å²) in [5.41, 5.74) is -3.50. The average Bonchev–Trinajstić information content (AvgIpc) is 2.72. The number of carbonyl (C=O) groups is 4. The average molecular weight is 392 g/mol. The van der Waals surface area contributed by atoms with Crippen molar-refractivity contribution in [2.45, 2.75) is 25.7 Å². The van der Waals surface area contributed by atoms with Crippen molar-refractivity contribution in [3.63, 3.8) is 0 Å². The first kappa shape index (κ1) is 24.7. The van der Waals surface area contributed by atoms with Crippen LogP contribution in [0.25, 0.3) is 0 Å². The van der Waals surface area contributed by atoms with E-state index in [9.17, 15) is 19.2 Å². The molecule has 28 heavy (non-hydrogen) atoms. The Labute approximate surface area is 164 Å². The van der Waals surface area contributed by atoms with Crippen molar-refractivity contribution in [2.24, 2.45) is 10.8 Å². The highest BCUT2D eigenvalue weighted by Crippen LogP contribution is 2.33. The number of terminal acetylenes is 2. The molecule has 0 aromatic heterocycles. The zero-order valence-electron chi connectivity index (χ0n) is 16.4. The van der Waals surface area contributed by atoms with E-state index in [1.165, 1.54) is 12.2 Å². The lowest BCUT2D eigenvalue weighted by atomic mass is 9.79. The smallest absolute Gasteiger partial charge is 0.324 e. The number of hydrogen-bond acceptors (Lipinski definition) is 8. The molecule has 0 saturated carbocycles. The van der Waals surface area contributed by atoms with Gasteiger partial charge < -0.3 is 18.9 Å². The van der Waals surface area contributed by atoms with E-state index >= 15 is 0 Å². The summed E-state index contributed by atoms with van der Waals surface area (Å²) in [6.45, 7) is 0. The van der Waals surface area contributed by atoms with E-state index in [1.54, 1.807) is 0 Å². The van der Waals surface area contributed by atoms with Crippen LogP contribution in [0, 0.1) is 35.5 Å². The van der Waals surface area contributed by atoms with E-state index in [0.717, 1.165) is 28.4 Å². The lowest BCUT2D eigenvalue weighted by molar-refractivity contribution is -0.170. The Bertz CT molecular complexity index is 613. The monoisotopic (exact) mass is 392 g/mol. The molecular weight excluding hydrogens is 368 g/mol. The number of ether oxygens (including phenoxy) is 4. The van der Waals surface area contributed by atoms with Gasteiger partial charge in [-0.1, -0.05) is 12.2 Å². The number of hydrogen-bond donors (Lipinski definition) is 0. The molecule has 0 heterocycles. The number of rotatable bonds is 10. The summed E-state index contributed by atoms with van der Waals surface area (Å²) in [7, 11) is 4.47. The van der Waals surface area contributed by atoms with Crippen LogP contribution in [0.3, 0.4) is 0 Å². The first-order valence-corrected chi connectivity index (χ1v) is 8.11. The van der Waals surface area contributed by atoms with Crippen LogP contribution in [0.4, 0.5) is 0 Å². The topological polar surface area (TPSA) is 105 Å². The standard InChI is InChI=1S/C20H24O8/c1-7-11-19(15(21)25-3,16(22)26-4)13-9-10-14-20(12-8-2,17(23)27-5)18(24)28-6/h1-2,9-10H,11-14H2,3-6H3/b10-9-. The number of carbonyl (C=O) groups excluding carboxylic acids is 4. The predicted molar refractivity (Wildman–Crippen MR) is 98.2 cm³/mol. The molecular formula is C20H24O8. The molecule has 0 bridgehead atoms. The van der Waals surface area contributed by atoms with Crippen LogP contribution in [-0.2, 0) is 38.1 Å². The highest BCUT2D eigenvalue weighted by molar-refractivity contribution is 6.01. The lowest BCUT2D eigenvalue weighted by Gasteiger charge is -2.26. The first-order valence-electron chi connectivity index (χ1n) is 8.11. The van der Waals surface area contributed by atoms with Crippen LogP contribution in [0.2, 0.25) is 0 Å². The minimum atomic E-state index is -1.75. The molecule has 0 aliphatic carbocycles. The third kappa shape index (κ3) is 5.14. The van der Waals surface area contributed by atoms with Crippen molar-refractivity contribution in [3.05, 3.63) is 12.2 Å². The molecule has 0 N–H and O–H groups in total. The Morgan fingerprint density at radius 3 is 1.11 bits per heavy atom. The van der Waals surface area contributed by atoms with Gasteiger partial charge in [-0.15, -0.1) is 24.7 Å². The Hall–Kier alpha value is -3.26. The Morgan fingerprint density at radius 1 is 0.679 bits per heavy atom. The van der Waals surface area contributed by atoms with Crippen molar-refractivity contribution >= 4 is 23.9 Å². The van der Waals surface area contributed by atoms with Gasteiger partial charge in [0.1, 0.15) is 0 Å². The molecule has 0 saturated heterocycles. The summed E-state index contributed by atoms with van der Waals surface area (Å²) in [5.74, 6) is 1.07. The molecule has 0 amide bonds. The van der Waals surface area contributed by atoms with Gasteiger partial charge in [0.2, 0.25) is 0 Å². The van der Waals surface area contributed by atoms with Crippen LogP contribution in [0.15, 0.2) is 12.2 Å². The largest absolute Gasteiger partial charge is 0.468 e. The van der Waals surface area contributed by atoms with Gasteiger partial charge in [0.25, 0.3) is 0 Å². The van der Waals surface area contributed by atoms with Crippen molar-refractivity contribution in [3.8, 4) is 24.7 Å². The SMILES string of the molecule is C#CCC(C/C=C\CC(CC#C)(C(=O)OC)C(=O)OC)(C(=O)OC)C(=O)OC. The molecule has 8 nitrogen and oxygen atoms in total.